The average Bonchev–Trinajstić information content (AvgIpc) is 3.10. The second-order valence-electron chi connectivity index (χ2n) is 4.95. The van der Waals surface area contributed by atoms with Crippen molar-refractivity contribution in [3.8, 4) is 0 Å². The molecule has 1 aliphatic rings. The number of hydrogen-bond acceptors (Lipinski definition) is 3. The number of rotatable bonds is 6. The zero-order chi connectivity index (χ0) is 13.2. The molecule has 5 heteroatoms. The van der Waals surface area contributed by atoms with Crippen LogP contribution in [0.1, 0.15) is 19.3 Å². The summed E-state index contributed by atoms with van der Waals surface area (Å²) in [6.07, 6.45) is 3.18. The Kier molecular flexibility index (Phi) is 3.71. The lowest BCUT2D eigenvalue weighted by Crippen LogP contribution is -2.18. The molecule has 0 saturated heterocycles. The lowest BCUT2D eigenvalue weighted by Gasteiger charge is -2.17. The van der Waals surface area contributed by atoms with Gasteiger partial charge in [0.15, 0.2) is 5.82 Å². The molecule has 0 spiro atoms. The molecular weight excluding hydrogens is 238 g/mol. The molecule has 3 N–H and O–H groups in total. The van der Waals surface area contributed by atoms with Crippen molar-refractivity contribution in [3.63, 3.8) is 0 Å². The van der Waals surface area contributed by atoms with Crippen LogP contribution >= 0.6 is 0 Å². The third-order valence-corrected chi connectivity index (χ3v) is 3.54. The number of benzene rings is 1. The van der Waals surface area contributed by atoms with Gasteiger partial charge in [0.2, 0.25) is 0 Å². The number of nitrogens with one attached hydrogen (secondary N) is 1. The summed E-state index contributed by atoms with van der Waals surface area (Å²) in [6.45, 7) is 1.37. The predicted octanol–water partition coefficient (Wildman–Crippen LogP) is 2.78. The summed E-state index contributed by atoms with van der Waals surface area (Å²) < 4.78 is 31.4. The van der Waals surface area contributed by atoms with E-state index >= 15 is 0 Å². The number of ether oxygens (including phenoxy) is 1. The van der Waals surface area contributed by atoms with E-state index < -0.39 is 11.6 Å². The molecule has 1 aliphatic carbocycles. The Hall–Kier alpha value is -1.36. The highest BCUT2D eigenvalue weighted by Gasteiger charge is 2.41. The minimum Gasteiger partial charge on any atom is -0.395 e. The van der Waals surface area contributed by atoms with Crippen molar-refractivity contribution in [1.82, 2.24) is 0 Å². The number of nitrogens with two attached hydrogens (primary N) is 1. The first kappa shape index (κ1) is 13.1. The molecule has 100 valence electrons. The Bertz CT molecular complexity index is 433. The van der Waals surface area contributed by atoms with E-state index in [9.17, 15) is 8.78 Å². The summed E-state index contributed by atoms with van der Waals surface area (Å²) in [5.41, 5.74) is 6.07. The molecule has 1 aromatic rings. The molecule has 1 fully saturated rings. The minimum atomic E-state index is -0.723. The van der Waals surface area contributed by atoms with Gasteiger partial charge in [-0.1, -0.05) is 0 Å². The molecule has 0 unspecified atom stereocenters. The fourth-order valence-electron chi connectivity index (χ4n) is 2.02. The zero-order valence-electron chi connectivity index (χ0n) is 10.4. The Balaban J connectivity index is 1.98. The van der Waals surface area contributed by atoms with Gasteiger partial charge in [-0.05, 0) is 30.7 Å². The molecule has 0 amide bonds. The molecule has 0 heterocycles. The van der Waals surface area contributed by atoms with Crippen LogP contribution in [0.3, 0.4) is 0 Å². The largest absolute Gasteiger partial charge is 0.395 e. The third kappa shape index (κ3) is 2.90. The fraction of sp³-hybridized carbons (Fsp3) is 0.538. The standard InChI is InChI=1S/C13H18F2N2O/c1-18-5-4-13(2-3-13)8-17-11-7-9(14)6-10(15)12(11)16/h6-7,17H,2-5,8,16H2,1H3. The van der Waals surface area contributed by atoms with Crippen LogP contribution in [0.5, 0.6) is 0 Å². The van der Waals surface area contributed by atoms with Gasteiger partial charge in [0.05, 0.1) is 11.4 Å². The highest BCUT2D eigenvalue weighted by atomic mass is 19.1. The summed E-state index contributed by atoms with van der Waals surface area (Å²) in [4.78, 5) is 0. The summed E-state index contributed by atoms with van der Waals surface area (Å²) in [6, 6.07) is 2.02. The Labute approximate surface area is 105 Å². The van der Waals surface area contributed by atoms with E-state index in [0.29, 0.717) is 18.8 Å². The van der Waals surface area contributed by atoms with Crippen LogP contribution in [0.25, 0.3) is 0 Å². The first-order chi connectivity index (χ1) is 8.56. The first-order valence-electron chi connectivity index (χ1n) is 6.04. The predicted molar refractivity (Wildman–Crippen MR) is 67.4 cm³/mol. The molecule has 0 bridgehead atoms. The van der Waals surface area contributed by atoms with Crippen molar-refractivity contribution in [2.75, 3.05) is 31.3 Å². The van der Waals surface area contributed by atoms with Gasteiger partial charge in [-0.15, -0.1) is 0 Å². The molecule has 0 atom stereocenters. The lowest BCUT2D eigenvalue weighted by molar-refractivity contribution is 0.175. The van der Waals surface area contributed by atoms with Gasteiger partial charge in [-0.2, -0.15) is 0 Å². The molecule has 2 rings (SSSR count). The summed E-state index contributed by atoms with van der Waals surface area (Å²) >= 11 is 0. The lowest BCUT2D eigenvalue weighted by atomic mass is 10.0. The van der Waals surface area contributed by atoms with Crippen LogP contribution in [-0.2, 0) is 4.74 Å². The summed E-state index contributed by atoms with van der Waals surface area (Å²) in [5, 5.41) is 3.05. The van der Waals surface area contributed by atoms with Gasteiger partial charge in [-0.25, -0.2) is 8.78 Å². The van der Waals surface area contributed by atoms with Crippen molar-refractivity contribution in [3.05, 3.63) is 23.8 Å². The number of halogens is 2. The van der Waals surface area contributed by atoms with Gasteiger partial charge < -0.3 is 15.8 Å². The van der Waals surface area contributed by atoms with E-state index in [2.05, 4.69) is 5.32 Å². The van der Waals surface area contributed by atoms with E-state index in [4.69, 9.17) is 10.5 Å². The fourth-order valence-corrected chi connectivity index (χ4v) is 2.02. The number of methoxy groups -OCH3 is 1. The van der Waals surface area contributed by atoms with Crippen molar-refractivity contribution in [1.29, 1.82) is 0 Å². The third-order valence-electron chi connectivity index (χ3n) is 3.54. The molecule has 1 aromatic carbocycles. The first-order valence-corrected chi connectivity index (χ1v) is 6.04. The van der Waals surface area contributed by atoms with Crippen LogP contribution in [0, 0.1) is 17.0 Å². The van der Waals surface area contributed by atoms with Crippen molar-refractivity contribution >= 4 is 11.4 Å². The van der Waals surface area contributed by atoms with Crippen molar-refractivity contribution < 1.29 is 13.5 Å². The van der Waals surface area contributed by atoms with Gasteiger partial charge in [0.25, 0.3) is 0 Å². The Morgan fingerprint density at radius 1 is 1.39 bits per heavy atom. The van der Waals surface area contributed by atoms with E-state index in [0.717, 1.165) is 25.3 Å². The van der Waals surface area contributed by atoms with Gasteiger partial charge in [0, 0.05) is 26.3 Å². The number of anilines is 2. The SMILES string of the molecule is COCCC1(CNc2cc(F)cc(F)c2N)CC1. The maximum Gasteiger partial charge on any atom is 0.151 e. The van der Waals surface area contributed by atoms with Gasteiger partial charge in [0.1, 0.15) is 5.82 Å². The van der Waals surface area contributed by atoms with Crippen LogP contribution in [-0.4, -0.2) is 20.3 Å². The van der Waals surface area contributed by atoms with E-state index in [1.807, 2.05) is 0 Å². The van der Waals surface area contributed by atoms with Crippen LogP contribution in [0.4, 0.5) is 20.2 Å². The molecule has 18 heavy (non-hydrogen) atoms. The monoisotopic (exact) mass is 256 g/mol. The molecule has 0 aliphatic heterocycles. The van der Waals surface area contributed by atoms with Gasteiger partial charge >= 0.3 is 0 Å². The van der Waals surface area contributed by atoms with Crippen LogP contribution in [0.15, 0.2) is 12.1 Å². The van der Waals surface area contributed by atoms with E-state index in [1.165, 1.54) is 6.07 Å². The topological polar surface area (TPSA) is 47.3 Å². The summed E-state index contributed by atoms with van der Waals surface area (Å²) in [5.74, 6) is -1.34. The molecular formula is C13H18F2N2O. The molecule has 0 radical (unpaired) electrons. The average molecular weight is 256 g/mol. The van der Waals surface area contributed by atoms with Crippen LogP contribution in [0.2, 0.25) is 0 Å². The van der Waals surface area contributed by atoms with E-state index in [-0.39, 0.29) is 11.1 Å². The zero-order valence-corrected chi connectivity index (χ0v) is 10.4. The normalized spacial score (nSPS) is 16.6. The Morgan fingerprint density at radius 3 is 2.72 bits per heavy atom. The Morgan fingerprint density at radius 2 is 2.11 bits per heavy atom. The molecule has 1 saturated carbocycles. The number of nitrogen functional groups attached to an aromatic ring is 1. The van der Waals surface area contributed by atoms with Crippen molar-refractivity contribution in [2.24, 2.45) is 5.41 Å². The second kappa shape index (κ2) is 5.10. The van der Waals surface area contributed by atoms with Gasteiger partial charge in [-0.3, -0.25) is 0 Å². The minimum absolute atomic E-state index is 0.0288. The maximum atomic E-state index is 13.3. The summed E-state index contributed by atoms with van der Waals surface area (Å²) in [7, 11) is 1.67. The maximum absolute atomic E-state index is 13.3. The smallest absolute Gasteiger partial charge is 0.151 e. The van der Waals surface area contributed by atoms with E-state index in [1.54, 1.807) is 7.11 Å². The quantitative estimate of drug-likeness (QED) is 0.769. The highest BCUT2D eigenvalue weighted by Crippen LogP contribution is 2.48. The molecule has 0 aromatic heterocycles. The van der Waals surface area contributed by atoms with Crippen LogP contribution < -0.4 is 11.1 Å². The highest BCUT2D eigenvalue weighted by molar-refractivity contribution is 5.66. The second-order valence-corrected chi connectivity index (χ2v) is 4.95. The van der Waals surface area contributed by atoms with Crippen molar-refractivity contribution in [2.45, 2.75) is 19.3 Å². The number of hydrogen-bond donors (Lipinski definition) is 2. The molecule has 3 nitrogen and oxygen atoms in total.